The highest BCUT2D eigenvalue weighted by atomic mass is 35.5. The predicted molar refractivity (Wildman–Crippen MR) is 78.7 cm³/mol. The standard InChI is InChI=1S/C12H17Cl2NO4S/c1-3-19-7-6-15(2)20(17,18)11-5-4-10(13)9(8-16)12(11)14/h4-5,16H,3,6-8H2,1-2H3. The molecule has 5 nitrogen and oxygen atoms in total. The minimum Gasteiger partial charge on any atom is -0.392 e. The highest BCUT2D eigenvalue weighted by Crippen LogP contribution is 2.32. The molecule has 0 spiro atoms. The van der Waals surface area contributed by atoms with Crippen LogP contribution in [0.3, 0.4) is 0 Å². The van der Waals surface area contributed by atoms with E-state index in [0.717, 1.165) is 4.31 Å². The second-order valence-corrected chi connectivity index (χ2v) is 6.82. The Hall–Kier alpha value is -0.370. The van der Waals surface area contributed by atoms with E-state index >= 15 is 0 Å². The lowest BCUT2D eigenvalue weighted by Crippen LogP contribution is -2.30. The van der Waals surface area contributed by atoms with Crippen molar-refractivity contribution < 1.29 is 18.3 Å². The second-order valence-electron chi connectivity index (χ2n) is 4.02. The quantitative estimate of drug-likeness (QED) is 0.771. The maximum atomic E-state index is 12.4. The molecule has 0 aliphatic carbocycles. The van der Waals surface area contributed by atoms with Gasteiger partial charge in [-0.1, -0.05) is 23.2 Å². The molecule has 0 aliphatic heterocycles. The lowest BCUT2D eigenvalue weighted by atomic mass is 10.2. The minimum absolute atomic E-state index is 0.0525. The molecule has 1 aromatic carbocycles. The number of likely N-dealkylation sites (N-methyl/N-ethyl adjacent to an activating group) is 1. The maximum absolute atomic E-state index is 12.4. The number of hydrogen-bond acceptors (Lipinski definition) is 4. The lowest BCUT2D eigenvalue weighted by Gasteiger charge is -2.19. The van der Waals surface area contributed by atoms with E-state index in [9.17, 15) is 13.5 Å². The Labute approximate surface area is 129 Å². The fourth-order valence-electron chi connectivity index (χ4n) is 1.55. The van der Waals surface area contributed by atoms with Gasteiger partial charge >= 0.3 is 0 Å². The first-order valence-corrected chi connectivity index (χ1v) is 8.17. The number of ether oxygens (including phenoxy) is 1. The summed E-state index contributed by atoms with van der Waals surface area (Å²) in [5.74, 6) is 0. The Morgan fingerprint density at radius 2 is 2.00 bits per heavy atom. The molecule has 0 bridgehead atoms. The van der Waals surface area contributed by atoms with Crippen molar-refractivity contribution in [2.45, 2.75) is 18.4 Å². The van der Waals surface area contributed by atoms with Crippen molar-refractivity contribution in [1.82, 2.24) is 4.31 Å². The monoisotopic (exact) mass is 341 g/mol. The molecular weight excluding hydrogens is 325 g/mol. The number of nitrogens with zero attached hydrogens (tertiary/aromatic N) is 1. The van der Waals surface area contributed by atoms with Gasteiger partial charge < -0.3 is 9.84 Å². The zero-order chi connectivity index (χ0) is 15.3. The van der Waals surface area contributed by atoms with Crippen molar-refractivity contribution in [2.24, 2.45) is 0 Å². The van der Waals surface area contributed by atoms with E-state index in [0.29, 0.717) is 13.2 Å². The average molecular weight is 342 g/mol. The van der Waals surface area contributed by atoms with Crippen LogP contribution in [0, 0.1) is 0 Å². The van der Waals surface area contributed by atoms with Gasteiger partial charge in [0.1, 0.15) is 4.90 Å². The fourth-order valence-corrected chi connectivity index (χ4v) is 3.57. The summed E-state index contributed by atoms with van der Waals surface area (Å²) in [5.41, 5.74) is 0.201. The smallest absolute Gasteiger partial charge is 0.244 e. The van der Waals surface area contributed by atoms with Crippen molar-refractivity contribution in [3.05, 3.63) is 27.7 Å². The molecule has 1 aromatic rings. The van der Waals surface area contributed by atoms with Crippen molar-refractivity contribution in [3.8, 4) is 0 Å². The molecule has 0 radical (unpaired) electrons. The van der Waals surface area contributed by atoms with E-state index in [1.807, 2.05) is 6.92 Å². The van der Waals surface area contributed by atoms with Crippen LogP contribution in [0.25, 0.3) is 0 Å². The van der Waals surface area contributed by atoms with E-state index in [1.54, 1.807) is 0 Å². The van der Waals surface area contributed by atoms with Gasteiger partial charge in [-0.3, -0.25) is 0 Å². The Bertz CT molecular complexity index is 563. The highest BCUT2D eigenvalue weighted by Gasteiger charge is 2.25. The van der Waals surface area contributed by atoms with Crippen molar-refractivity contribution in [1.29, 1.82) is 0 Å². The zero-order valence-corrected chi connectivity index (χ0v) is 13.6. The van der Waals surface area contributed by atoms with Gasteiger partial charge in [0.2, 0.25) is 10.0 Å². The van der Waals surface area contributed by atoms with Crippen LogP contribution in [0.5, 0.6) is 0 Å². The molecule has 114 valence electrons. The van der Waals surface area contributed by atoms with E-state index in [2.05, 4.69) is 0 Å². The summed E-state index contributed by atoms with van der Waals surface area (Å²) in [6, 6.07) is 2.73. The van der Waals surface area contributed by atoms with Crippen molar-refractivity contribution >= 4 is 33.2 Å². The molecule has 0 saturated heterocycles. The summed E-state index contributed by atoms with van der Waals surface area (Å²) in [5, 5.41) is 9.38. The summed E-state index contributed by atoms with van der Waals surface area (Å²) >= 11 is 11.9. The first-order chi connectivity index (χ1) is 9.36. The molecular formula is C12H17Cl2NO4S. The molecule has 20 heavy (non-hydrogen) atoms. The molecule has 0 amide bonds. The van der Waals surface area contributed by atoms with Gasteiger partial charge in [-0.2, -0.15) is 4.31 Å². The van der Waals surface area contributed by atoms with Crippen LogP contribution in [0.4, 0.5) is 0 Å². The number of aliphatic hydroxyl groups is 1. The molecule has 0 fully saturated rings. The van der Waals surface area contributed by atoms with Crippen molar-refractivity contribution in [2.75, 3.05) is 26.8 Å². The zero-order valence-electron chi connectivity index (χ0n) is 11.3. The number of aliphatic hydroxyl groups excluding tert-OH is 1. The number of halogens is 2. The average Bonchev–Trinajstić information content (AvgIpc) is 2.39. The lowest BCUT2D eigenvalue weighted by molar-refractivity contribution is 0.138. The van der Waals surface area contributed by atoms with Crippen LogP contribution in [0.15, 0.2) is 17.0 Å². The number of rotatable bonds is 7. The van der Waals surface area contributed by atoms with Gasteiger partial charge in [0.25, 0.3) is 0 Å². The summed E-state index contributed by atoms with van der Waals surface area (Å²) < 4.78 is 31.1. The fraction of sp³-hybridized carbons (Fsp3) is 0.500. The van der Waals surface area contributed by atoms with Crippen LogP contribution >= 0.6 is 23.2 Å². The van der Waals surface area contributed by atoms with Gasteiger partial charge in [0.05, 0.1) is 18.2 Å². The van der Waals surface area contributed by atoms with Gasteiger partial charge in [-0.05, 0) is 19.1 Å². The molecule has 1 rings (SSSR count). The number of sulfonamides is 1. The molecule has 0 unspecified atom stereocenters. The first-order valence-electron chi connectivity index (χ1n) is 5.98. The SMILES string of the molecule is CCOCCN(C)S(=O)(=O)c1ccc(Cl)c(CO)c1Cl. The van der Waals surface area contributed by atoms with E-state index in [4.69, 9.17) is 27.9 Å². The Balaban J connectivity index is 3.10. The Morgan fingerprint density at radius 3 is 2.55 bits per heavy atom. The number of hydrogen-bond donors (Lipinski definition) is 1. The predicted octanol–water partition coefficient (Wildman–Crippen LogP) is 2.14. The topological polar surface area (TPSA) is 66.8 Å². The molecule has 8 heteroatoms. The molecule has 0 atom stereocenters. The van der Waals surface area contributed by atoms with Crippen LogP contribution < -0.4 is 0 Å². The highest BCUT2D eigenvalue weighted by molar-refractivity contribution is 7.89. The summed E-state index contributed by atoms with van der Waals surface area (Å²) in [7, 11) is -2.31. The summed E-state index contributed by atoms with van der Waals surface area (Å²) in [6.45, 7) is 2.43. The van der Waals surface area contributed by atoms with Crippen LogP contribution in [-0.4, -0.2) is 44.6 Å². The third kappa shape index (κ3) is 3.84. The van der Waals surface area contributed by atoms with E-state index in [-0.39, 0.29) is 27.0 Å². The maximum Gasteiger partial charge on any atom is 0.244 e. The van der Waals surface area contributed by atoms with Crippen LogP contribution in [-0.2, 0) is 21.4 Å². The molecule has 0 aliphatic rings. The molecule has 1 N–H and O–H groups in total. The van der Waals surface area contributed by atoms with Gasteiger partial charge in [0, 0.05) is 30.8 Å². The van der Waals surface area contributed by atoms with Crippen LogP contribution in [0.1, 0.15) is 12.5 Å². The Morgan fingerprint density at radius 1 is 1.35 bits per heavy atom. The van der Waals surface area contributed by atoms with Gasteiger partial charge in [0.15, 0.2) is 0 Å². The number of benzene rings is 1. The van der Waals surface area contributed by atoms with Crippen molar-refractivity contribution in [3.63, 3.8) is 0 Å². The third-order valence-electron chi connectivity index (χ3n) is 2.75. The van der Waals surface area contributed by atoms with Gasteiger partial charge in [-0.25, -0.2) is 8.42 Å². The Kier molecular flexibility index (Phi) is 6.71. The molecule has 0 saturated carbocycles. The van der Waals surface area contributed by atoms with E-state index < -0.39 is 16.6 Å². The van der Waals surface area contributed by atoms with E-state index in [1.165, 1.54) is 19.2 Å². The molecule has 0 heterocycles. The summed E-state index contributed by atoms with van der Waals surface area (Å²) in [6.07, 6.45) is 0. The molecule has 0 aromatic heterocycles. The third-order valence-corrected chi connectivity index (χ3v) is 5.55. The second kappa shape index (κ2) is 7.59. The van der Waals surface area contributed by atoms with Gasteiger partial charge in [-0.15, -0.1) is 0 Å². The van der Waals surface area contributed by atoms with Crippen LogP contribution in [0.2, 0.25) is 10.0 Å². The summed E-state index contributed by atoms with van der Waals surface area (Å²) in [4.78, 5) is -0.0772. The minimum atomic E-state index is -3.75. The normalized spacial score (nSPS) is 12.1. The first kappa shape index (κ1) is 17.7. The largest absolute Gasteiger partial charge is 0.392 e.